The fourth-order valence-corrected chi connectivity index (χ4v) is 3.16. The van der Waals surface area contributed by atoms with Gasteiger partial charge in [-0.15, -0.1) is 0 Å². The van der Waals surface area contributed by atoms with Crippen LogP contribution in [-0.2, 0) is 9.47 Å². The summed E-state index contributed by atoms with van der Waals surface area (Å²) < 4.78 is 23.3. The minimum atomic E-state index is 0.266. The zero-order valence-electron chi connectivity index (χ0n) is 10.4. The van der Waals surface area contributed by atoms with Crippen LogP contribution in [0.5, 0.6) is 11.5 Å². The lowest BCUT2D eigenvalue weighted by Gasteiger charge is -2.12. The molecule has 0 aliphatic rings. The van der Waals surface area contributed by atoms with Gasteiger partial charge in [0.1, 0.15) is 11.5 Å². The zero-order valence-corrected chi connectivity index (χ0v) is 14.7. The smallest absolute Gasteiger partial charge is 0.189 e. The highest BCUT2D eigenvalue weighted by molar-refractivity contribution is 14.1. The minimum Gasteiger partial charge on any atom is -0.467 e. The molecule has 4 nitrogen and oxygen atoms in total. The molecule has 18 heavy (non-hydrogen) atoms. The van der Waals surface area contributed by atoms with Crippen LogP contribution in [0, 0.1) is 7.14 Å². The third kappa shape index (κ3) is 5.45. The van der Waals surface area contributed by atoms with E-state index in [-0.39, 0.29) is 13.6 Å². The number of hydrogen-bond acceptors (Lipinski definition) is 4. The molecular weight excluding hydrogens is 462 g/mol. The van der Waals surface area contributed by atoms with Crippen LogP contribution in [0.3, 0.4) is 0 Å². The molecule has 0 aliphatic carbocycles. The fraction of sp³-hybridized carbons (Fsp3) is 0.500. The van der Waals surface area contributed by atoms with Crippen molar-refractivity contribution >= 4 is 45.2 Å². The van der Waals surface area contributed by atoms with E-state index in [9.17, 15) is 0 Å². The standard InChI is InChI=1S/C12H16I2O4/c1-3-15-7-17-9-5-10(13)12(11(14)6-9)18-8-16-4-2/h5-6H,3-4,7-8H2,1-2H3. The van der Waals surface area contributed by atoms with Gasteiger partial charge in [-0.05, 0) is 71.2 Å². The lowest BCUT2D eigenvalue weighted by molar-refractivity contribution is 0.0191. The van der Waals surface area contributed by atoms with Gasteiger partial charge in [-0.25, -0.2) is 0 Å². The van der Waals surface area contributed by atoms with Gasteiger partial charge < -0.3 is 18.9 Å². The maximum atomic E-state index is 5.56. The van der Waals surface area contributed by atoms with Crippen molar-refractivity contribution in [2.24, 2.45) is 0 Å². The van der Waals surface area contributed by atoms with Gasteiger partial charge in [0.05, 0.1) is 7.14 Å². The van der Waals surface area contributed by atoms with E-state index in [1.165, 1.54) is 0 Å². The van der Waals surface area contributed by atoms with Gasteiger partial charge in [-0.2, -0.15) is 0 Å². The van der Waals surface area contributed by atoms with E-state index in [1.807, 2.05) is 26.0 Å². The molecule has 0 spiro atoms. The average molecular weight is 478 g/mol. The Morgan fingerprint density at radius 1 is 0.889 bits per heavy atom. The lowest BCUT2D eigenvalue weighted by atomic mass is 10.3. The second kappa shape index (κ2) is 9.16. The predicted octanol–water partition coefficient (Wildman–Crippen LogP) is 3.64. The first kappa shape index (κ1) is 16.3. The monoisotopic (exact) mass is 478 g/mol. The number of halogens is 2. The van der Waals surface area contributed by atoms with Crippen LogP contribution in [0.15, 0.2) is 12.1 Å². The summed E-state index contributed by atoms with van der Waals surface area (Å²) in [4.78, 5) is 0. The minimum absolute atomic E-state index is 0.266. The predicted molar refractivity (Wildman–Crippen MR) is 86.1 cm³/mol. The highest BCUT2D eigenvalue weighted by Gasteiger charge is 2.09. The number of benzene rings is 1. The average Bonchev–Trinajstić information content (AvgIpc) is 2.33. The van der Waals surface area contributed by atoms with Gasteiger partial charge >= 0.3 is 0 Å². The maximum absolute atomic E-state index is 5.56. The maximum Gasteiger partial charge on any atom is 0.189 e. The molecule has 1 rings (SSSR count). The molecule has 0 saturated carbocycles. The van der Waals surface area contributed by atoms with Gasteiger partial charge in [-0.1, -0.05) is 0 Å². The van der Waals surface area contributed by atoms with Gasteiger partial charge in [0.15, 0.2) is 13.6 Å². The van der Waals surface area contributed by atoms with Crippen molar-refractivity contribution in [2.45, 2.75) is 13.8 Å². The molecule has 0 radical (unpaired) electrons. The second-order valence-corrected chi connectivity index (χ2v) is 5.55. The molecule has 0 aliphatic heterocycles. The Morgan fingerprint density at radius 2 is 1.39 bits per heavy atom. The third-order valence-corrected chi connectivity index (χ3v) is 3.58. The molecule has 0 aromatic heterocycles. The molecule has 0 amide bonds. The van der Waals surface area contributed by atoms with Crippen LogP contribution >= 0.6 is 45.2 Å². The van der Waals surface area contributed by atoms with Crippen molar-refractivity contribution in [3.63, 3.8) is 0 Å². The highest BCUT2D eigenvalue weighted by Crippen LogP contribution is 2.32. The van der Waals surface area contributed by atoms with Gasteiger partial charge in [0.2, 0.25) is 0 Å². The SMILES string of the molecule is CCOCOc1cc(I)c(OCOCC)c(I)c1. The van der Waals surface area contributed by atoms with E-state index in [4.69, 9.17) is 18.9 Å². The molecule has 0 atom stereocenters. The summed E-state index contributed by atoms with van der Waals surface area (Å²) in [7, 11) is 0. The Hall–Kier alpha value is 0.200. The van der Waals surface area contributed by atoms with Crippen molar-refractivity contribution in [3.05, 3.63) is 19.3 Å². The molecule has 0 unspecified atom stereocenters. The first-order valence-electron chi connectivity index (χ1n) is 5.59. The van der Waals surface area contributed by atoms with E-state index in [2.05, 4.69) is 45.2 Å². The molecule has 102 valence electrons. The summed E-state index contributed by atoms with van der Waals surface area (Å²) in [6, 6.07) is 3.84. The van der Waals surface area contributed by atoms with Crippen LogP contribution < -0.4 is 9.47 Å². The molecule has 1 aromatic rings. The Balaban J connectivity index is 2.65. The lowest BCUT2D eigenvalue weighted by Crippen LogP contribution is -2.06. The Labute approximate surface area is 135 Å². The van der Waals surface area contributed by atoms with E-state index in [0.717, 1.165) is 18.6 Å². The van der Waals surface area contributed by atoms with Crippen molar-refractivity contribution in [1.82, 2.24) is 0 Å². The van der Waals surface area contributed by atoms with Gasteiger partial charge in [0.25, 0.3) is 0 Å². The van der Waals surface area contributed by atoms with E-state index in [0.29, 0.717) is 13.2 Å². The van der Waals surface area contributed by atoms with Crippen molar-refractivity contribution in [2.75, 3.05) is 26.8 Å². The van der Waals surface area contributed by atoms with Crippen LogP contribution in [-0.4, -0.2) is 26.8 Å². The zero-order chi connectivity index (χ0) is 13.4. The summed E-state index contributed by atoms with van der Waals surface area (Å²) in [5.41, 5.74) is 0. The molecule has 0 bridgehead atoms. The molecular formula is C12H16I2O4. The van der Waals surface area contributed by atoms with Crippen LogP contribution in [0.2, 0.25) is 0 Å². The summed E-state index contributed by atoms with van der Waals surface area (Å²) in [6.07, 6.45) is 0. The Bertz CT molecular complexity index is 348. The molecule has 0 heterocycles. The molecule has 1 aromatic carbocycles. The highest BCUT2D eigenvalue weighted by atomic mass is 127. The quantitative estimate of drug-likeness (QED) is 0.325. The second-order valence-electron chi connectivity index (χ2n) is 3.23. The fourth-order valence-electron chi connectivity index (χ4n) is 1.13. The summed E-state index contributed by atoms with van der Waals surface area (Å²) in [5, 5.41) is 0. The molecule has 0 saturated heterocycles. The van der Waals surface area contributed by atoms with Crippen molar-refractivity contribution in [1.29, 1.82) is 0 Å². The van der Waals surface area contributed by atoms with E-state index in [1.54, 1.807) is 0 Å². The number of hydrogen-bond donors (Lipinski definition) is 0. The molecule has 6 heteroatoms. The van der Waals surface area contributed by atoms with Gasteiger partial charge in [0, 0.05) is 13.2 Å². The van der Waals surface area contributed by atoms with E-state index >= 15 is 0 Å². The van der Waals surface area contributed by atoms with Crippen molar-refractivity contribution in [3.8, 4) is 11.5 Å². The van der Waals surface area contributed by atoms with Gasteiger partial charge in [-0.3, -0.25) is 0 Å². The van der Waals surface area contributed by atoms with Crippen LogP contribution in [0.4, 0.5) is 0 Å². The van der Waals surface area contributed by atoms with Crippen LogP contribution in [0.25, 0.3) is 0 Å². The van der Waals surface area contributed by atoms with Crippen LogP contribution in [0.1, 0.15) is 13.8 Å². The Kier molecular flexibility index (Phi) is 8.27. The number of ether oxygens (including phenoxy) is 4. The number of rotatable bonds is 8. The molecule has 0 fully saturated rings. The summed E-state index contributed by atoms with van der Waals surface area (Å²) in [5.74, 6) is 1.61. The first-order valence-corrected chi connectivity index (χ1v) is 7.74. The largest absolute Gasteiger partial charge is 0.467 e. The first-order chi connectivity index (χ1) is 8.69. The van der Waals surface area contributed by atoms with E-state index < -0.39 is 0 Å². The summed E-state index contributed by atoms with van der Waals surface area (Å²) >= 11 is 4.44. The third-order valence-electron chi connectivity index (χ3n) is 1.98. The normalized spacial score (nSPS) is 10.4. The Morgan fingerprint density at radius 3 is 1.89 bits per heavy atom. The summed E-state index contributed by atoms with van der Waals surface area (Å²) in [6.45, 7) is 5.68. The van der Waals surface area contributed by atoms with Crippen molar-refractivity contribution < 1.29 is 18.9 Å². The molecule has 0 N–H and O–H groups in total. The topological polar surface area (TPSA) is 36.9 Å².